The molecule has 0 saturated carbocycles. The lowest BCUT2D eigenvalue weighted by Gasteiger charge is -2.11. The zero-order chi connectivity index (χ0) is 22.8. The Hall–Kier alpha value is -3.25. The zero-order valence-electron chi connectivity index (χ0n) is 19.0. The van der Waals surface area contributed by atoms with Crippen LogP contribution in [-0.2, 0) is 4.79 Å². The van der Waals surface area contributed by atoms with Gasteiger partial charge in [0.05, 0.1) is 17.2 Å². The molecular weight excluding hydrogens is 418 g/mol. The van der Waals surface area contributed by atoms with Crippen molar-refractivity contribution in [1.29, 1.82) is 0 Å². The van der Waals surface area contributed by atoms with E-state index in [-0.39, 0.29) is 5.91 Å². The predicted molar refractivity (Wildman–Crippen MR) is 133 cm³/mol. The van der Waals surface area contributed by atoms with Crippen LogP contribution in [0.2, 0.25) is 0 Å². The van der Waals surface area contributed by atoms with Crippen molar-refractivity contribution in [3.8, 4) is 11.4 Å². The summed E-state index contributed by atoms with van der Waals surface area (Å²) >= 11 is 1.37. The Balaban J connectivity index is 1.61. The van der Waals surface area contributed by atoms with Crippen LogP contribution in [0.4, 0.5) is 5.69 Å². The van der Waals surface area contributed by atoms with E-state index in [1.165, 1.54) is 17.3 Å². The fraction of sp³-hybridized carbons (Fsp3) is 0.231. The van der Waals surface area contributed by atoms with Crippen molar-refractivity contribution in [2.24, 2.45) is 4.99 Å². The van der Waals surface area contributed by atoms with Gasteiger partial charge >= 0.3 is 0 Å². The van der Waals surface area contributed by atoms with Crippen molar-refractivity contribution in [2.45, 2.75) is 34.6 Å². The zero-order valence-corrected chi connectivity index (χ0v) is 19.8. The largest absolute Gasteiger partial charge is 0.494 e. The number of aryl methyl sites for hydroxylation is 3. The number of aliphatic imine (C=N–C) groups is 1. The minimum absolute atomic E-state index is 0.121. The van der Waals surface area contributed by atoms with Crippen LogP contribution in [0.3, 0.4) is 0 Å². The lowest BCUT2D eigenvalue weighted by atomic mass is 10.1. The quantitative estimate of drug-likeness (QED) is 0.490. The summed E-state index contributed by atoms with van der Waals surface area (Å²) in [6, 6.07) is 16.3. The fourth-order valence-corrected chi connectivity index (χ4v) is 4.68. The summed E-state index contributed by atoms with van der Waals surface area (Å²) in [7, 11) is 0. The van der Waals surface area contributed by atoms with Crippen molar-refractivity contribution in [2.75, 3.05) is 6.61 Å². The lowest BCUT2D eigenvalue weighted by Crippen LogP contribution is -2.19. The van der Waals surface area contributed by atoms with Gasteiger partial charge in [-0.25, -0.2) is 4.99 Å². The SMILES string of the molecule is CCOc1ccc(-n2c(C)cc(/C=C3\SC(=Nc4ccc(C)cc4C)NC3=O)c2C)cc1. The lowest BCUT2D eigenvalue weighted by molar-refractivity contribution is -0.115. The van der Waals surface area contributed by atoms with Gasteiger partial charge in [-0.05, 0) is 100.0 Å². The Bertz CT molecular complexity index is 1240. The number of hydrogen-bond acceptors (Lipinski definition) is 4. The maximum absolute atomic E-state index is 12.6. The number of amides is 1. The molecule has 0 aliphatic carbocycles. The highest BCUT2D eigenvalue weighted by Gasteiger charge is 2.25. The summed E-state index contributed by atoms with van der Waals surface area (Å²) < 4.78 is 7.74. The minimum Gasteiger partial charge on any atom is -0.494 e. The van der Waals surface area contributed by atoms with Crippen LogP contribution in [0, 0.1) is 27.7 Å². The number of carbonyl (C=O) groups is 1. The number of aromatic nitrogens is 1. The number of amidine groups is 1. The number of nitrogens with zero attached hydrogens (tertiary/aromatic N) is 2. The van der Waals surface area contributed by atoms with E-state index in [0.29, 0.717) is 16.7 Å². The molecule has 2 aromatic carbocycles. The molecule has 5 nitrogen and oxygen atoms in total. The molecule has 1 amide bonds. The molecular formula is C26H27N3O2S. The molecule has 0 atom stereocenters. The van der Waals surface area contributed by atoms with Crippen molar-refractivity contribution >= 4 is 34.6 Å². The summed E-state index contributed by atoms with van der Waals surface area (Å²) in [6.07, 6.45) is 1.94. The van der Waals surface area contributed by atoms with E-state index in [2.05, 4.69) is 47.8 Å². The average molecular weight is 446 g/mol. The van der Waals surface area contributed by atoms with Gasteiger partial charge in [0.15, 0.2) is 5.17 Å². The third-order valence-electron chi connectivity index (χ3n) is 5.39. The normalized spacial score (nSPS) is 16.1. The highest BCUT2D eigenvalue weighted by atomic mass is 32.2. The van der Waals surface area contributed by atoms with Crippen LogP contribution in [0.1, 0.15) is 35.0 Å². The van der Waals surface area contributed by atoms with Crippen LogP contribution < -0.4 is 10.1 Å². The number of hydrogen-bond donors (Lipinski definition) is 1. The molecule has 1 aliphatic rings. The van der Waals surface area contributed by atoms with Gasteiger partial charge in [-0.3, -0.25) is 4.79 Å². The molecule has 1 N–H and O–H groups in total. The fourth-order valence-electron chi connectivity index (χ4n) is 3.85. The molecule has 2 heterocycles. The Morgan fingerprint density at radius 3 is 2.50 bits per heavy atom. The third-order valence-corrected chi connectivity index (χ3v) is 6.30. The number of ether oxygens (including phenoxy) is 1. The molecule has 32 heavy (non-hydrogen) atoms. The standard InChI is InChI=1S/C26H27N3O2S/c1-6-31-22-10-8-21(9-11-22)29-18(4)14-20(19(29)5)15-24-25(30)28-26(32-24)27-23-12-7-16(2)13-17(23)3/h7-15H,6H2,1-5H3,(H,27,28,30)/b24-15-. The molecule has 0 bridgehead atoms. The molecule has 0 unspecified atom stereocenters. The van der Waals surface area contributed by atoms with E-state index in [4.69, 9.17) is 4.74 Å². The average Bonchev–Trinajstić information content (AvgIpc) is 3.23. The van der Waals surface area contributed by atoms with Crippen molar-refractivity contribution in [1.82, 2.24) is 9.88 Å². The highest BCUT2D eigenvalue weighted by molar-refractivity contribution is 8.18. The van der Waals surface area contributed by atoms with Crippen LogP contribution in [0.5, 0.6) is 5.75 Å². The summed E-state index contributed by atoms with van der Waals surface area (Å²) in [6.45, 7) is 10.8. The first-order valence-electron chi connectivity index (χ1n) is 10.6. The second-order valence-corrected chi connectivity index (χ2v) is 8.89. The number of benzene rings is 2. The second-order valence-electron chi connectivity index (χ2n) is 7.86. The second kappa shape index (κ2) is 9.09. The van der Waals surface area contributed by atoms with E-state index >= 15 is 0 Å². The highest BCUT2D eigenvalue weighted by Crippen LogP contribution is 2.31. The van der Waals surface area contributed by atoms with Crippen molar-refractivity contribution in [3.63, 3.8) is 0 Å². The first-order chi connectivity index (χ1) is 15.4. The van der Waals surface area contributed by atoms with E-state index in [0.717, 1.165) is 39.6 Å². The maximum atomic E-state index is 12.6. The molecule has 6 heteroatoms. The van der Waals surface area contributed by atoms with E-state index in [1.54, 1.807) is 0 Å². The van der Waals surface area contributed by atoms with Crippen LogP contribution >= 0.6 is 11.8 Å². The number of rotatable bonds is 5. The molecule has 1 aromatic heterocycles. The Labute approximate surface area is 193 Å². The van der Waals surface area contributed by atoms with Gasteiger partial charge in [-0.2, -0.15) is 0 Å². The Morgan fingerprint density at radius 1 is 1.06 bits per heavy atom. The summed E-state index contributed by atoms with van der Waals surface area (Å²) in [5.74, 6) is 0.736. The van der Waals surface area contributed by atoms with Crippen LogP contribution in [0.25, 0.3) is 11.8 Å². The van der Waals surface area contributed by atoms with E-state index in [1.807, 2.05) is 56.3 Å². The first-order valence-corrected chi connectivity index (χ1v) is 11.5. The van der Waals surface area contributed by atoms with Crippen molar-refractivity contribution in [3.05, 3.63) is 81.5 Å². The molecule has 0 spiro atoms. The Morgan fingerprint density at radius 2 is 1.81 bits per heavy atom. The molecule has 1 fully saturated rings. The van der Waals surface area contributed by atoms with Gasteiger partial charge in [0.25, 0.3) is 5.91 Å². The first kappa shape index (κ1) is 22.0. The van der Waals surface area contributed by atoms with Gasteiger partial charge < -0.3 is 14.6 Å². The number of thioether (sulfide) groups is 1. The monoisotopic (exact) mass is 445 g/mol. The topological polar surface area (TPSA) is 55.6 Å². The van der Waals surface area contributed by atoms with Gasteiger partial charge in [0.2, 0.25) is 0 Å². The molecule has 0 radical (unpaired) electrons. The molecule has 1 saturated heterocycles. The van der Waals surface area contributed by atoms with E-state index in [9.17, 15) is 4.79 Å². The molecule has 1 aliphatic heterocycles. The maximum Gasteiger partial charge on any atom is 0.264 e. The molecule has 4 rings (SSSR count). The van der Waals surface area contributed by atoms with Crippen LogP contribution in [0.15, 0.2) is 58.4 Å². The summed E-state index contributed by atoms with van der Waals surface area (Å²) in [5, 5.41) is 3.50. The van der Waals surface area contributed by atoms with Gasteiger partial charge in [0, 0.05) is 17.1 Å². The molecule has 3 aromatic rings. The van der Waals surface area contributed by atoms with E-state index < -0.39 is 0 Å². The minimum atomic E-state index is -0.121. The smallest absolute Gasteiger partial charge is 0.264 e. The third kappa shape index (κ3) is 4.50. The van der Waals surface area contributed by atoms with Crippen molar-refractivity contribution < 1.29 is 9.53 Å². The van der Waals surface area contributed by atoms with Crippen LogP contribution in [-0.4, -0.2) is 22.2 Å². The predicted octanol–water partition coefficient (Wildman–Crippen LogP) is 6.00. The summed E-state index contributed by atoms with van der Waals surface area (Å²) in [4.78, 5) is 17.9. The van der Waals surface area contributed by atoms with Gasteiger partial charge in [0.1, 0.15) is 5.75 Å². The molecule has 164 valence electrons. The number of carbonyl (C=O) groups excluding carboxylic acids is 1. The Kier molecular flexibility index (Phi) is 6.24. The number of nitrogens with one attached hydrogen (secondary N) is 1. The van der Waals surface area contributed by atoms with Gasteiger partial charge in [-0.1, -0.05) is 17.7 Å². The summed E-state index contributed by atoms with van der Waals surface area (Å²) in [5.41, 5.74) is 7.41. The van der Waals surface area contributed by atoms with Gasteiger partial charge in [-0.15, -0.1) is 0 Å².